The zero-order valence-electron chi connectivity index (χ0n) is 11.3. The quantitative estimate of drug-likeness (QED) is 0.768. The maximum absolute atomic E-state index is 12.7. The third-order valence-corrected chi connectivity index (χ3v) is 5.11. The summed E-state index contributed by atoms with van der Waals surface area (Å²) in [7, 11) is 0. The van der Waals surface area contributed by atoms with Crippen molar-refractivity contribution in [2.45, 2.75) is 32.1 Å². The predicted molar refractivity (Wildman–Crippen MR) is 73.4 cm³/mol. The predicted octanol–water partition coefficient (Wildman–Crippen LogP) is 3.48. The number of Topliss-reactive ketones (excluding diaryl/α,β-unsaturated/α-hetero) is 1. The molecule has 3 nitrogen and oxygen atoms in total. The summed E-state index contributed by atoms with van der Waals surface area (Å²) in [4.78, 5) is 12.7. The Labute approximate surface area is 118 Å². The minimum Gasteiger partial charge on any atom is -0.294 e. The van der Waals surface area contributed by atoms with Crippen LogP contribution in [0.5, 0.6) is 0 Å². The Morgan fingerprint density at radius 2 is 1.65 bits per heavy atom. The number of benzene rings is 1. The summed E-state index contributed by atoms with van der Waals surface area (Å²) in [6.07, 6.45) is 4.84. The SMILES string of the molecule is N#CC1(C#N)[C@H](C(=O)c2ccccc2)C12CCCCC2. The van der Waals surface area contributed by atoms with Gasteiger partial charge in [-0.25, -0.2) is 0 Å². The first-order chi connectivity index (χ1) is 9.72. The van der Waals surface area contributed by atoms with Crippen molar-refractivity contribution < 1.29 is 4.79 Å². The smallest absolute Gasteiger partial charge is 0.169 e. The van der Waals surface area contributed by atoms with Gasteiger partial charge in [0.25, 0.3) is 0 Å². The number of nitriles is 2. The van der Waals surface area contributed by atoms with Gasteiger partial charge in [-0.05, 0) is 12.8 Å². The molecule has 0 heterocycles. The highest BCUT2D eigenvalue weighted by Crippen LogP contribution is 2.75. The lowest BCUT2D eigenvalue weighted by Crippen LogP contribution is -2.16. The van der Waals surface area contributed by atoms with Crippen molar-refractivity contribution in [2.24, 2.45) is 16.7 Å². The summed E-state index contributed by atoms with van der Waals surface area (Å²) in [5, 5.41) is 19.0. The molecule has 3 rings (SSSR count). The summed E-state index contributed by atoms with van der Waals surface area (Å²) in [6.45, 7) is 0. The molecule has 0 radical (unpaired) electrons. The zero-order valence-corrected chi connectivity index (χ0v) is 11.3. The van der Waals surface area contributed by atoms with Gasteiger partial charge in [-0.1, -0.05) is 49.6 Å². The largest absolute Gasteiger partial charge is 0.294 e. The topological polar surface area (TPSA) is 64.7 Å². The van der Waals surface area contributed by atoms with Gasteiger partial charge >= 0.3 is 0 Å². The number of hydrogen-bond acceptors (Lipinski definition) is 3. The average molecular weight is 264 g/mol. The van der Waals surface area contributed by atoms with Crippen molar-refractivity contribution >= 4 is 5.78 Å². The first-order valence-corrected chi connectivity index (χ1v) is 7.14. The van der Waals surface area contributed by atoms with Crippen LogP contribution in [0, 0.1) is 39.4 Å². The molecule has 0 aromatic heterocycles. The Morgan fingerprint density at radius 1 is 1.05 bits per heavy atom. The molecule has 1 spiro atoms. The monoisotopic (exact) mass is 264 g/mol. The minimum atomic E-state index is -1.10. The Kier molecular flexibility index (Phi) is 2.87. The van der Waals surface area contributed by atoms with E-state index in [4.69, 9.17) is 0 Å². The standard InChI is InChI=1S/C17H16N2O/c18-11-17(12-19)15(16(17)9-5-2-6-10-16)14(20)13-7-3-1-4-8-13/h1,3-4,7-8,15H,2,5-6,9-10H2/t15-/m1/s1. The molecule has 20 heavy (non-hydrogen) atoms. The van der Waals surface area contributed by atoms with Gasteiger partial charge in [0.2, 0.25) is 0 Å². The average Bonchev–Trinajstić information content (AvgIpc) is 3.08. The lowest BCUT2D eigenvalue weighted by atomic mass is 9.80. The third kappa shape index (κ3) is 1.47. The summed E-state index contributed by atoms with van der Waals surface area (Å²) in [5.74, 6) is -0.469. The summed E-state index contributed by atoms with van der Waals surface area (Å²) >= 11 is 0. The Bertz CT molecular complexity index is 601. The first kappa shape index (κ1) is 12.9. The van der Waals surface area contributed by atoms with E-state index in [0.717, 1.165) is 32.1 Å². The summed E-state index contributed by atoms with van der Waals surface area (Å²) < 4.78 is 0. The summed E-state index contributed by atoms with van der Waals surface area (Å²) in [5.41, 5.74) is -0.864. The molecule has 1 atom stereocenters. The van der Waals surface area contributed by atoms with Crippen molar-refractivity contribution in [1.29, 1.82) is 10.5 Å². The zero-order chi connectivity index (χ0) is 14.2. The van der Waals surface area contributed by atoms with Crippen LogP contribution in [-0.4, -0.2) is 5.78 Å². The molecule has 1 aromatic rings. The highest BCUT2D eigenvalue weighted by Gasteiger charge is 2.80. The molecule has 2 saturated carbocycles. The maximum Gasteiger partial charge on any atom is 0.169 e. The van der Waals surface area contributed by atoms with Gasteiger partial charge in [-0.15, -0.1) is 0 Å². The van der Waals surface area contributed by atoms with E-state index in [1.165, 1.54) is 0 Å². The molecule has 2 aliphatic rings. The number of ketones is 1. The molecule has 0 aliphatic heterocycles. The maximum atomic E-state index is 12.7. The molecular formula is C17H16N2O. The van der Waals surface area contributed by atoms with E-state index in [-0.39, 0.29) is 11.2 Å². The fourth-order valence-corrected chi connectivity index (χ4v) is 4.05. The molecule has 2 fully saturated rings. The van der Waals surface area contributed by atoms with Gasteiger partial charge in [-0.3, -0.25) is 4.79 Å². The van der Waals surface area contributed by atoms with E-state index in [9.17, 15) is 15.3 Å². The van der Waals surface area contributed by atoms with E-state index < -0.39 is 11.3 Å². The van der Waals surface area contributed by atoms with Crippen LogP contribution in [0.15, 0.2) is 30.3 Å². The van der Waals surface area contributed by atoms with Crippen LogP contribution in [-0.2, 0) is 0 Å². The molecule has 100 valence electrons. The molecular weight excluding hydrogens is 248 g/mol. The highest BCUT2D eigenvalue weighted by molar-refractivity contribution is 6.02. The first-order valence-electron chi connectivity index (χ1n) is 7.14. The molecule has 1 aromatic carbocycles. The molecule has 0 unspecified atom stereocenters. The molecule has 0 bridgehead atoms. The van der Waals surface area contributed by atoms with E-state index >= 15 is 0 Å². The van der Waals surface area contributed by atoms with Gasteiger partial charge < -0.3 is 0 Å². The van der Waals surface area contributed by atoms with Gasteiger partial charge in [0, 0.05) is 11.0 Å². The van der Waals surface area contributed by atoms with Crippen LogP contribution in [0.3, 0.4) is 0 Å². The molecule has 3 heteroatoms. The van der Waals surface area contributed by atoms with Gasteiger partial charge in [0.15, 0.2) is 11.2 Å². The number of rotatable bonds is 2. The van der Waals surface area contributed by atoms with Crippen LogP contribution in [0.2, 0.25) is 0 Å². The Hall–Kier alpha value is -2.13. The molecule has 2 aliphatic carbocycles. The van der Waals surface area contributed by atoms with Crippen molar-refractivity contribution in [3.05, 3.63) is 35.9 Å². The molecule has 0 N–H and O–H groups in total. The van der Waals surface area contributed by atoms with Crippen molar-refractivity contribution in [2.75, 3.05) is 0 Å². The lowest BCUT2D eigenvalue weighted by molar-refractivity contribution is 0.0937. The fraction of sp³-hybridized carbons (Fsp3) is 0.471. The summed E-state index contributed by atoms with van der Waals surface area (Å²) in [6, 6.07) is 13.4. The van der Waals surface area contributed by atoms with Gasteiger partial charge in [0.1, 0.15) is 0 Å². The number of hydrogen-bond donors (Lipinski definition) is 0. The number of carbonyl (C=O) groups excluding carboxylic acids is 1. The van der Waals surface area contributed by atoms with Crippen molar-refractivity contribution in [1.82, 2.24) is 0 Å². The van der Waals surface area contributed by atoms with Crippen LogP contribution < -0.4 is 0 Å². The van der Waals surface area contributed by atoms with E-state index in [0.29, 0.717) is 5.56 Å². The van der Waals surface area contributed by atoms with Crippen molar-refractivity contribution in [3.8, 4) is 12.1 Å². The number of nitrogens with zero attached hydrogens (tertiary/aromatic N) is 2. The second-order valence-corrected chi connectivity index (χ2v) is 5.91. The third-order valence-electron chi connectivity index (χ3n) is 5.11. The normalized spacial score (nSPS) is 25.4. The fourth-order valence-electron chi connectivity index (χ4n) is 4.05. The van der Waals surface area contributed by atoms with Gasteiger partial charge in [-0.2, -0.15) is 10.5 Å². The molecule has 0 amide bonds. The minimum absolute atomic E-state index is 0.0319. The van der Waals surface area contributed by atoms with Gasteiger partial charge in [0.05, 0.1) is 18.1 Å². The molecule has 0 saturated heterocycles. The highest BCUT2D eigenvalue weighted by atomic mass is 16.1. The van der Waals surface area contributed by atoms with Crippen LogP contribution >= 0.6 is 0 Å². The van der Waals surface area contributed by atoms with E-state index in [1.807, 2.05) is 18.2 Å². The second-order valence-electron chi connectivity index (χ2n) is 5.91. The Balaban J connectivity index is 1.99. The van der Waals surface area contributed by atoms with E-state index in [1.54, 1.807) is 12.1 Å². The van der Waals surface area contributed by atoms with Crippen LogP contribution in [0.25, 0.3) is 0 Å². The second kappa shape index (κ2) is 4.46. The van der Waals surface area contributed by atoms with E-state index in [2.05, 4.69) is 12.1 Å². The number of carbonyl (C=O) groups is 1. The Morgan fingerprint density at radius 3 is 2.20 bits per heavy atom. The lowest BCUT2D eigenvalue weighted by Gasteiger charge is -2.22. The van der Waals surface area contributed by atoms with Crippen LogP contribution in [0.1, 0.15) is 42.5 Å². The van der Waals surface area contributed by atoms with Crippen molar-refractivity contribution in [3.63, 3.8) is 0 Å². The van der Waals surface area contributed by atoms with Crippen LogP contribution in [0.4, 0.5) is 0 Å².